The molecule has 0 aliphatic heterocycles. The number of rotatable bonds is 6. The summed E-state index contributed by atoms with van der Waals surface area (Å²) < 4.78 is 43.6. The lowest BCUT2D eigenvalue weighted by Gasteiger charge is -2.15. The summed E-state index contributed by atoms with van der Waals surface area (Å²) in [6, 6.07) is 4.13. The highest BCUT2D eigenvalue weighted by molar-refractivity contribution is 5.39. The second-order valence-corrected chi connectivity index (χ2v) is 4.44. The first-order chi connectivity index (χ1) is 8.84. The third-order valence-corrected chi connectivity index (χ3v) is 2.41. The van der Waals surface area contributed by atoms with Crippen LogP contribution in [0.25, 0.3) is 0 Å². The SMILES string of the molecule is CC(C)NCc1ccc(OCCO)c(C(F)(F)F)c1. The van der Waals surface area contributed by atoms with Crippen LogP contribution in [0.2, 0.25) is 0 Å². The van der Waals surface area contributed by atoms with Gasteiger partial charge >= 0.3 is 6.18 Å². The molecule has 0 saturated carbocycles. The van der Waals surface area contributed by atoms with E-state index in [9.17, 15) is 13.2 Å². The van der Waals surface area contributed by atoms with Gasteiger partial charge in [-0.3, -0.25) is 0 Å². The molecule has 0 amide bonds. The Labute approximate surface area is 110 Å². The summed E-state index contributed by atoms with van der Waals surface area (Å²) in [5.74, 6) is -0.255. The Morgan fingerprint density at radius 3 is 2.53 bits per heavy atom. The molecule has 108 valence electrons. The van der Waals surface area contributed by atoms with Gasteiger partial charge in [0.05, 0.1) is 12.2 Å². The zero-order valence-electron chi connectivity index (χ0n) is 10.9. The number of hydrogen-bond acceptors (Lipinski definition) is 3. The zero-order valence-corrected chi connectivity index (χ0v) is 10.9. The maximum Gasteiger partial charge on any atom is 0.419 e. The summed E-state index contributed by atoms with van der Waals surface area (Å²) in [6.07, 6.45) is -4.47. The van der Waals surface area contributed by atoms with E-state index in [4.69, 9.17) is 9.84 Å². The highest BCUT2D eigenvalue weighted by atomic mass is 19.4. The van der Waals surface area contributed by atoms with Gasteiger partial charge in [0, 0.05) is 12.6 Å². The molecule has 0 unspecified atom stereocenters. The summed E-state index contributed by atoms with van der Waals surface area (Å²) in [4.78, 5) is 0. The van der Waals surface area contributed by atoms with Gasteiger partial charge in [-0.25, -0.2) is 0 Å². The first kappa shape index (κ1) is 15.8. The highest BCUT2D eigenvalue weighted by Gasteiger charge is 2.34. The molecule has 0 aromatic heterocycles. The van der Waals surface area contributed by atoms with Gasteiger partial charge in [0.2, 0.25) is 0 Å². The fraction of sp³-hybridized carbons (Fsp3) is 0.538. The van der Waals surface area contributed by atoms with Crippen molar-refractivity contribution in [2.45, 2.75) is 32.6 Å². The lowest BCUT2D eigenvalue weighted by Crippen LogP contribution is -2.22. The maximum atomic E-state index is 12.9. The van der Waals surface area contributed by atoms with Crippen molar-refractivity contribution < 1.29 is 23.0 Å². The summed E-state index contributed by atoms with van der Waals surface area (Å²) >= 11 is 0. The number of aliphatic hydroxyl groups excluding tert-OH is 1. The van der Waals surface area contributed by atoms with Crippen molar-refractivity contribution in [3.8, 4) is 5.75 Å². The van der Waals surface area contributed by atoms with Crippen LogP contribution in [0.5, 0.6) is 5.75 Å². The van der Waals surface area contributed by atoms with Crippen molar-refractivity contribution >= 4 is 0 Å². The van der Waals surface area contributed by atoms with Gasteiger partial charge in [0.25, 0.3) is 0 Å². The molecule has 0 fully saturated rings. The van der Waals surface area contributed by atoms with Crippen LogP contribution in [-0.2, 0) is 12.7 Å². The van der Waals surface area contributed by atoms with Crippen LogP contribution in [0, 0.1) is 0 Å². The quantitative estimate of drug-likeness (QED) is 0.839. The molecular formula is C13H18F3NO2. The first-order valence-electron chi connectivity index (χ1n) is 6.01. The molecule has 1 aromatic carbocycles. The van der Waals surface area contributed by atoms with Crippen molar-refractivity contribution in [1.29, 1.82) is 0 Å². The molecule has 2 N–H and O–H groups in total. The number of ether oxygens (including phenoxy) is 1. The molecule has 0 saturated heterocycles. The van der Waals surface area contributed by atoms with E-state index < -0.39 is 11.7 Å². The van der Waals surface area contributed by atoms with Crippen LogP contribution in [0.1, 0.15) is 25.0 Å². The zero-order chi connectivity index (χ0) is 14.5. The van der Waals surface area contributed by atoms with Gasteiger partial charge in [-0.1, -0.05) is 19.9 Å². The number of alkyl halides is 3. The largest absolute Gasteiger partial charge is 0.491 e. The Morgan fingerprint density at radius 2 is 2.00 bits per heavy atom. The van der Waals surface area contributed by atoms with Crippen LogP contribution in [0.3, 0.4) is 0 Å². The Morgan fingerprint density at radius 1 is 1.32 bits per heavy atom. The van der Waals surface area contributed by atoms with Gasteiger partial charge in [-0.15, -0.1) is 0 Å². The third-order valence-electron chi connectivity index (χ3n) is 2.41. The van der Waals surface area contributed by atoms with Gasteiger partial charge < -0.3 is 15.2 Å². The maximum absolute atomic E-state index is 12.9. The van der Waals surface area contributed by atoms with Gasteiger partial charge in [-0.2, -0.15) is 13.2 Å². The van der Waals surface area contributed by atoms with Crippen molar-refractivity contribution in [3.05, 3.63) is 29.3 Å². The highest BCUT2D eigenvalue weighted by Crippen LogP contribution is 2.36. The fourth-order valence-corrected chi connectivity index (χ4v) is 1.51. The Balaban J connectivity index is 2.95. The van der Waals surface area contributed by atoms with Crippen LogP contribution in [0.15, 0.2) is 18.2 Å². The van der Waals surface area contributed by atoms with Crippen molar-refractivity contribution in [1.82, 2.24) is 5.32 Å². The number of hydrogen-bond donors (Lipinski definition) is 2. The minimum Gasteiger partial charge on any atom is -0.491 e. The Hall–Kier alpha value is -1.27. The molecule has 19 heavy (non-hydrogen) atoms. The number of benzene rings is 1. The van der Waals surface area contributed by atoms with Crippen molar-refractivity contribution in [2.24, 2.45) is 0 Å². The van der Waals surface area contributed by atoms with Crippen LogP contribution < -0.4 is 10.1 Å². The van der Waals surface area contributed by atoms with E-state index in [0.29, 0.717) is 12.1 Å². The molecule has 0 aliphatic rings. The molecular weight excluding hydrogens is 259 g/mol. The van der Waals surface area contributed by atoms with Gasteiger partial charge in [0.1, 0.15) is 12.4 Å². The minimum absolute atomic E-state index is 0.160. The predicted molar refractivity (Wildman–Crippen MR) is 66.0 cm³/mol. The van der Waals surface area contributed by atoms with Gasteiger partial charge in [0.15, 0.2) is 0 Å². The standard InChI is InChI=1S/C13H18F3NO2/c1-9(2)17-8-10-3-4-12(19-6-5-18)11(7-10)13(14,15)16/h3-4,7,9,17-18H,5-6,8H2,1-2H3. The van der Waals surface area contributed by atoms with Crippen LogP contribution in [0.4, 0.5) is 13.2 Å². The minimum atomic E-state index is -4.47. The predicted octanol–water partition coefficient (Wildman–Crippen LogP) is 2.57. The molecule has 1 aromatic rings. The normalized spacial score (nSPS) is 11.9. The summed E-state index contributed by atoms with van der Waals surface area (Å²) in [6.45, 7) is 3.72. The van der Waals surface area contributed by atoms with E-state index in [2.05, 4.69) is 5.32 Å². The van der Waals surface area contributed by atoms with E-state index in [0.717, 1.165) is 6.07 Å². The molecule has 6 heteroatoms. The molecule has 0 bridgehead atoms. The van der Waals surface area contributed by atoms with Crippen molar-refractivity contribution in [3.63, 3.8) is 0 Å². The Kier molecular flexibility index (Phi) is 5.62. The lowest BCUT2D eigenvalue weighted by atomic mass is 10.1. The van der Waals surface area contributed by atoms with E-state index in [1.54, 1.807) is 6.07 Å². The lowest BCUT2D eigenvalue weighted by molar-refractivity contribution is -0.139. The number of aliphatic hydroxyl groups is 1. The van der Waals surface area contributed by atoms with Crippen LogP contribution >= 0.6 is 0 Å². The monoisotopic (exact) mass is 277 g/mol. The average molecular weight is 277 g/mol. The van der Waals surface area contributed by atoms with E-state index >= 15 is 0 Å². The smallest absolute Gasteiger partial charge is 0.419 e. The first-order valence-corrected chi connectivity index (χ1v) is 6.01. The molecule has 0 aliphatic carbocycles. The van der Waals surface area contributed by atoms with E-state index in [1.165, 1.54) is 6.07 Å². The topological polar surface area (TPSA) is 41.5 Å². The second-order valence-electron chi connectivity index (χ2n) is 4.44. The number of nitrogens with one attached hydrogen (secondary N) is 1. The summed E-state index contributed by atoms with van der Waals surface area (Å²) in [5.41, 5.74) is -0.277. The van der Waals surface area contributed by atoms with Gasteiger partial charge in [-0.05, 0) is 17.7 Å². The summed E-state index contributed by atoms with van der Waals surface area (Å²) in [5, 5.41) is 11.7. The van der Waals surface area contributed by atoms with E-state index in [-0.39, 0.29) is 25.0 Å². The van der Waals surface area contributed by atoms with Crippen molar-refractivity contribution in [2.75, 3.05) is 13.2 Å². The molecule has 3 nitrogen and oxygen atoms in total. The van der Waals surface area contributed by atoms with E-state index in [1.807, 2.05) is 13.8 Å². The van der Waals surface area contributed by atoms with Crippen LogP contribution in [-0.4, -0.2) is 24.4 Å². The third kappa shape index (κ3) is 5.08. The number of halogens is 3. The Bertz CT molecular complexity index is 405. The molecule has 1 rings (SSSR count). The molecule has 0 spiro atoms. The molecule has 0 heterocycles. The average Bonchev–Trinajstić information content (AvgIpc) is 2.33. The fourth-order valence-electron chi connectivity index (χ4n) is 1.51. The molecule has 0 atom stereocenters. The summed E-state index contributed by atoms with van der Waals surface area (Å²) in [7, 11) is 0. The second kappa shape index (κ2) is 6.77. The molecule has 0 radical (unpaired) electrons.